The predicted octanol–water partition coefficient (Wildman–Crippen LogP) is 0.991. The monoisotopic (exact) mass is 207 g/mol. The third-order valence-electron chi connectivity index (χ3n) is 1.19. The molecule has 12 heavy (non-hydrogen) atoms. The van der Waals surface area contributed by atoms with Gasteiger partial charge in [0.1, 0.15) is 0 Å². The van der Waals surface area contributed by atoms with Crippen LogP contribution in [0.2, 0.25) is 0 Å². The fourth-order valence-corrected chi connectivity index (χ4v) is 1.28. The van der Waals surface area contributed by atoms with Gasteiger partial charge >= 0.3 is 75.7 Å². The van der Waals surface area contributed by atoms with Crippen molar-refractivity contribution in [3.8, 4) is 5.75 Å². The fourth-order valence-electron chi connectivity index (χ4n) is 0.597. The number of hydrogen-bond donors (Lipinski definition) is 2. The number of thioether (sulfide) groups is 1. The maximum absolute atomic E-state index is 10.5. The Hall–Kier alpha value is -0.210. The number of aliphatic carboxylic acids is 1. The van der Waals surface area contributed by atoms with Crippen LogP contribution >= 0.6 is 19.7 Å². The number of hydrogen-bond acceptors (Lipinski definition) is 4. The van der Waals surface area contributed by atoms with Crippen LogP contribution in [0, 0.1) is 5.75 Å². The number of nitrogens with one attached hydrogen (secondary N) is 1. The SMILES string of the molecule is CSCC[C@H](NC#P=O)C(=O)O. The van der Waals surface area contributed by atoms with Crippen molar-refractivity contribution in [2.45, 2.75) is 12.5 Å². The zero-order valence-corrected chi connectivity index (χ0v) is 8.32. The Labute approximate surface area is 76.2 Å². The molecule has 0 aliphatic carbocycles. The van der Waals surface area contributed by atoms with E-state index in [9.17, 15) is 9.36 Å². The van der Waals surface area contributed by atoms with Gasteiger partial charge in [-0.3, -0.25) is 0 Å². The van der Waals surface area contributed by atoms with Gasteiger partial charge in [0.15, 0.2) is 0 Å². The number of rotatable bonds is 5. The number of carboxylic acids is 1. The Kier molecular flexibility index (Phi) is 7.31. The molecule has 0 amide bonds. The summed E-state index contributed by atoms with van der Waals surface area (Å²) in [4.78, 5) is 10.5. The summed E-state index contributed by atoms with van der Waals surface area (Å²) in [5.74, 6) is 2.02. The molecule has 0 unspecified atom stereocenters. The number of carbonyl (C=O) groups is 1. The average molecular weight is 207 g/mol. The molecule has 0 bridgehead atoms. The Morgan fingerprint density at radius 2 is 2.50 bits per heavy atom. The molecule has 1 atom stereocenters. The molecule has 0 aromatic rings. The summed E-state index contributed by atoms with van der Waals surface area (Å²) in [7, 11) is -0.317. The van der Waals surface area contributed by atoms with E-state index in [2.05, 4.69) is 11.1 Å². The normalized spacial score (nSPS) is 11.8. The molecule has 6 heteroatoms. The van der Waals surface area contributed by atoms with Crippen LogP contribution in [0.3, 0.4) is 0 Å². The zero-order chi connectivity index (χ0) is 9.40. The molecule has 0 fully saturated rings. The molecule has 0 aliphatic rings. The first-order valence-corrected chi connectivity index (χ1v) is 5.47. The van der Waals surface area contributed by atoms with E-state index in [1.54, 1.807) is 11.8 Å². The minimum absolute atomic E-state index is 0.317. The molecule has 0 radical (unpaired) electrons. The summed E-state index contributed by atoms with van der Waals surface area (Å²) in [5.41, 5.74) is 0. The van der Waals surface area contributed by atoms with Crippen LogP contribution in [-0.4, -0.2) is 29.1 Å². The van der Waals surface area contributed by atoms with Gasteiger partial charge < -0.3 is 0 Å². The van der Waals surface area contributed by atoms with E-state index in [1.807, 2.05) is 6.26 Å². The average Bonchev–Trinajstić information content (AvgIpc) is 2.04. The summed E-state index contributed by atoms with van der Waals surface area (Å²) < 4.78 is 9.93. The van der Waals surface area contributed by atoms with Crippen molar-refractivity contribution < 1.29 is 14.5 Å². The maximum atomic E-state index is 10.5. The second-order valence-electron chi connectivity index (χ2n) is 2.02. The Balaban J connectivity index is 3.92. The van der Waals surface area contributed by atoms with Crippen molar-refractivity contribution in [3.05, 3.63) is 0 Å². The first-order valence-electron chi connectivity index (χ1n) is 3.27. The standard InChI is InChI=1S/C6H10NO3PS/c1-12-3-2-5(6(8)9)7-4-11-10/h5,7H,2-3H2,1H3,(H,8,9)/t5-/m0/s1. The van der Waals surface area contributed by atoms with Gasteiger partial charge in [0.25, 0.3) is 0 Å². The van der Waals surface area contributed by atoms with Gasteiger partial charge in [-0.2, -0.15) is 0 Å². The Bertz CT molecular complexity index is 238. The van der Waals surface area contributed by atoms with Gasteiger partial charge in [-0.05, 0) is 0 Å². The molecule has 68 valence electrons. The second kappa shape index (κ2) is 7.44. The van der Waals surface area contributed by atoms with E-state index in [0.29, 0.717) is 6.42 Å². The van der Waals surface area contributed by atoms with E-state index >= 15 is 0 Å². The van der Waals surface area contributed by atoms with E-state index in [0.717, 1.165) is 5.75 Å². The van der Waals surface area contributed by atoms with Crippen molar-refractivity contribution in [3.63, 3.8) is 0 Å². The van der Waals surface area contributed by atoms with Crippen molar-refractivity contribution >= 4 is 25.6 Å². The van der Waals surface area contributed by atoms with Gasteiger partial charge in [0, 0.05) is 0 Å². The van der Waals surface area contributed by atoms with E-state index in [-0.39, 0.29) is 7.92 Å². The summed E-state index contributed by atoms with van der Waals surface area (Å²) in [6.07, 6.45) is 2.40. The Morgan fingerprint density at radius 3 is 2.92 bits per heavy atom. The molecule has 0 aliphatic heterocycles. The molecular formula is C6H10NO3PS. The van der Waals surface area contributed by atoms with Gasteiger partial charge in [-0.25, -0.2) is 0 Å². The third-order valence-corrected chi connectivity index (χ3v) is 2.06. The van der Waals surface area contributed by atoms with Crippen LogP contribution in [0.5, 0.6) is 0 Å². The molecule has 2 N–H and O–H groups in total. The van der Waals surface area contributed by atoms with Crippen molar-refractivity contribution in [2.75, 3.05) is 12.0 Å². The van der Waals surface area contributed by atoms with E-state index in [4.69, 9.17) is 5.11 Å². The van der Waals surface area contributed by atoms with Crippen LogP contribution in [0.25, 0.3) is 0 Å². The predicted molar refractivity (Wildman–Crippen MR) is 49.1 cm³/mol. The summed E-state index contributed by atoms with van der Waals surface area (Å²) in [6, 6.07) is -0.682. The molecule has 0 aromatic heterocycles. The topological polar surface area (TPSA) is 66.4 Å². The van der Waals surface area contributed by atoms with Crippen LogP contribution in [0.4, 0.5) is 0 Å². The molecule has 4 nitrogen and oxygen atoms in total. The van der Waals surface area contributed by atoms with Gasteiger partial charge in [-0.15, -0.1) is 0 Å². The first-order chi connectivity index (χ1) is 5.72. The summed E-state index contributed by atoms with van der Waals surface area (Å²) in [6.45, 7) is 0. The van der Waals surface area contributed by atoms with Crippen molar-refractivity contribution in [1.29, 1.82) is 0 Å². The second-order valence-corrected chi connectivity index (χ2v) is 3.41. The van der Waals surface area contributed by atoms with Gasteiger partial charge in [0.05, 0.1) is 0 Å². The Morgan fingerprint density at radius 1 is 1.83 bits per heavy atom. The molecule has 0 heterocycles. The molecule has 0 saturated carbocycles. The molecule has 0 aromatic carbocycles. The van der Waals surface area contributed by atoms with Crippen molar-refractivity contribution in [2.24, 2.45) is 0 Å². The third kappa shape index (κ3) is 5.44. The van der Waals surface area contributed by atoms with Gasteiger partial charge in [0.2, 0.25) is 0 Å². The fraction of sp³-hybridized carbons (Fsp3) is 0.667. The summed E-state index contributed by atoms with van der Waals surface area (Å²) in [5, 5.41) is 11.0. The van der Waals surface area contributed by atoms with Crippen LogP contribution in [0.15, 0.2) is 0 Å². The van der Waals surface area contributed by atoms with Gasteiger partial charge in [-0.1, -0.05) is 0 Å². The van der Waals surface area contributed by atoms with Crippen molar-refractivity contribution in [1.82, 2.24) is 5.32 Å². The quantitative estimate of drug-likeness (QED) is 0.520. The molecule has 0 rings (SSSR count). The first kappa shape index (κ1) is 11.8. The van der Waals surface area contributed by atoms with Crippen LogP contribution in [0.1, 0.15) is 6.42 Å². The number of carboxylic acid groups (broad SMARTS) is 1. The molecular weight excluding hydrogens is 197 g/mol. The minimum atomic E-state index is -0.944. The van der Waals surface area contributed by atoms with Crippen LogP contribution in [-0.2, 0) is 9.36 Å². The zero-order valence-electron chi connectivity index (χ0n) is 6.61. The summed E-state index contributed by atoms with van der Waals surface area (Å²) >= 11 is 1.57. The molecule has 0 saturated heterocycles. The van der Waals surface area contributed by atoms with E-state index in [1.165, 1.54) is 0 Å². The molecule has 0 spiro atoms. The van der Waals surface area contributed by atoms with E-state index < -0.39 is 12.0 Å². The van der Waals surface area contributed by atoms with Crippen LogP contribution < -0.4 is 5.32 Å².